The highest BCUT2D eigenvalue weighted by Crippen LogP contribution is 2.28. The minimum atomic E-state index is -0.246. The number of nitrogens with zero attached hydrogens (tertiary/aromatic N) is 2. The second kappa shape index (κ2) is 5.66. The number of primary amides is 1. The number of amides is 1. The molecule has 1 heterocycles. The first kappa shape index (κ1) is 12.6. The molecule has 0 spiro atoms. The molecule has 2 rings (SSSR count). The summed E-state index contributed by atoms with van der Waals surface area (Å²) in [5.41, 5.74) is 5.38. The molecule has 0 aromatic carbocycles. The topological polar surface area (TPSA) is 90.1 Å². The van der Waals surface area contributed by atoms with Crippen LogP contribution < -0.4 is 15.8 Å². The SMILES string of the molecule is CCOc1cc(NC2CCCC2C(N)=O)ncn1. The van der Waals surface area contributed by atoms with Gasteiger partial charge in [-0.25, -0.2) is 9.97 Å². The predicted octanol–water partition coefficient (Wildman–Crippen LogP) is 0.941. The molecule has 2 atom stereocenters. The van der Waals surface area contributed by atoms with Crippen LogP contribution in [-0.4, -0.2) is 28.5 Å². The number of carbonyl (C=O) groups excluding carboxylic acids is 1. The Morgan fingerprint density at radius 1 is 1.56 bits per heavy atom. The molecule has 1 amide bonds. The zero-order valence-corrected chi connectivity index (χ0v) is 10.4. The van der Waals surface area contributed by atoms with Crippen molar-refractivity contribution in [2.45, 2.75) is 32.2 Å². The van der Waals surface area contributed by atoms with Crippen LogP contribution in [0.25, 0.3) is 0 Å². The standard InChI is InChI=1S/C12H18N4O2/c1-2-18-11-6-10(14-7-15-11)16-9-5-3-4-8(9)12(13)17/h6-9H,2-5H2,1H3,(H2,13,17)(H,14,15,16). The van der Waals surface area contributed by atoms with Gasteiger partial charge in [-0.05, 0) is 19.8 Å². The largest absolute Gasteiger partial charge is 0.478 e. The lowest BCUT2D eigenvalue weighted by molar-refractivity contribution is -0.121. The summed E-state index contributed by atoms with van der Waals surface area (Å²) in [4.78, 5) is 19.4. The van der Waals surface area contributed by atoms with Gasteiger partial charge in [0, 0.05) is 12.1 Å². The third-order valence-corrected chi connectivity index (χ3v) is 3.15. The second-order valence-corrected chi connectivity index (χ2v) is 4.37. The summed E-state index contributed by atoms with van der Waals surface area (Å²) in [6.07, 6.45) is 4.23. The molecule has 6 nitrogen and oxygen atoms in total. The average molecular weight is 250 g/mol. The molecule has 1 saturated carbocycles. The van der Waals surface area contributed by atoms with E-state index in [2.05, 4.69) is 15.3 Å². The van der Waals surface area contributed by atoms with Crippen molar-refractivity contribution in [3.8, 4) is 5.88 Å². The predicted molar refractivity (Wildman–Crippen MR) is 67.1 cm³/mol. The smallest absolute Gasteiger partial charge is 0.222 e. The monoisotopic (exact) mass is 250 g/mol. The maximum Gasteiger partial charge on any atom is 0.222 e. The Morgan fingerprint density at radius 3 is 3.11 bits per heavy atom. The number of aromatic nitrogens is 2. The van der Waals surface area contributed by atoms with Gasteiger partial charge in [-0.1, -0.05) is 6.42 Å². The summed E-state index contributed by atoms with van der Waals surface area (Å²) in [5, 5.41) is 3.24. The summed E-state index contributed by atoms with van der Waals surface area (Å²) < 4.78 is 5.30. The van der Waals surface area contributed by atoms with E-state index in [9.17, 15) is 4.79 Å². The van der Waals surface area contributed by atoms with Crippen LogP contribution in [0.3, 0.4) is 0 Å². The number of rotatable bonds is 5. The minimum absolute atomic E-state index is 0.0619. The Balaban J connectivity index is 2.04. The number of nitrogens with one attached hydrogen (secondary N) is 1. The Kier molecular flexibility index (Phi) is 3.96. The van der Waals surface area contributed by atoms with Crippen molar-refractivity contribution in [3.63, 3.8) is 0 Å². The van der Waals surface area contributed by atoms with Crippen LogP contribution in [0, 0.1) is 5.92 Å². The summed E-state index contributed by atoms with van der Waals surface area (Å²) in [6.45, 7) is 2.46. The van der Waals surface area contributed by atoms with E-state index < -0.39 is 0 Å². The molecule has 18 heavy (non-hydrogen) atoms. The zero-order chi connectivity index (χ0) is 13.0. The molecule has 0 aliphatic heterocycles. The average Bonchev–Trinajstić information content (AvgIpc) is 2.78. The molecule has 2 unspecified atom stereocenters. The molecule has 6 heteroatoms. The van der Waals surface area contributed by atoms with Crippen molar-refractivity contribution >= 4 is 11.7 Å². The van der Waals surface area contributed by atoms with E-state index in [4.69, 9.17) is 10.5 Å². The number of hydrogen-bond acceptors (Lipinski definition) is 5. The first-order valence-corrected chi connectivity index (χ1v) is 6.21. The van der Waals surface area contributed by atoms with Gasteiger partial charge in [0.15, 0.2) is 0 Å². The molecule has 0 saturated heterocycles. The number of carbonyl (C=O) groups is 1. The van der Waals surface area contributed by atoms with Gasteiger partial charge in [0.05, 0.1) is 12.5 Å². The Bertz CT molecular complexity index is 424. The molecule has 1 fully saturated rings. The van der Waals surface area contributed by atoms with Crippen molar-refractivity contribution in [2.24, 2.45) is 11.7 Å². The van der Waals surface area contributed by atoms with Crippen molar-refractivity contribution in [1.82, 2.24) is 9.97 Å². The number of ether oxygens (including phenoxy) is 1. The third kappa shape index (κ3) is 2.88. The van der Waals surface area contributed by atoms with E-state index in [0.29, 0.717) is 18.3 Å². The van der Waals surface area contributed by atoms with Gasteiger partial charge in [-0.15, -0.1) is 0 Å². The van der Waals surface area contributed by atoms with E-state index in [0.717, 1.165) is 19.3 Å². The number of hydrogen-bond donors (Lipinski definition) is 2. The third-order valence-electron chi connectivity index (χ3n) is 3.15. The van der Waals surface area contributed by atoms with E-state index in [1.54, 1.807) is 6.07 Å². The highest BCUT2D eigenvalue weighted by atomic mass is 16.5. The van der Waals surface area contributed by atoms with E-state index >= 15 is 0 Å². The Morgan fingerprint density at radius 2 is 2.39 bits per heavy atom. The molecule has 0 bridgehead atoms. The lowest BCUT2D eigenvalue weighted by Crippen LogP contribution is -2.34. The molecule has 1 aliphatic rings. The molecule has 1 aromatic rings. The van der Waals surface area contributed by atoms with Crippen molar-refractivity contribution in [2.75, 3.05) is 11.9 Å². The van der Waals surface area contributed by atoms with Crippen LogP contribution in [0.15, 0.2) is 12.4 Å². The fourth-order valence-corrected chi connectivity index (χ4v) is 2.31. The fraction of sp³-hybridized carbons (Fsp3) is 0.583. The van der Waals surface area contributed by atoms with Crippen molar-refractivity contribution in [3.05, 3.63) is 12.4 Å². The minimum Gasteiger partial charge on any atom is -0.478 e. The van der Waals surface area contributed by atoms with Gasteiger partial charge < -0.3 is 15.8 Å². The van der Waals surface area contributed by atoms with Gasteiger partial charge in [-0.2, -0.15) is 0 Å². The lowest BCUT2D eigenvalue weighted by atomic mass is 10.0. The summed E-state index contributed by atoms with van der Waals surface area (Å²) in [7, 11) is 0. The van der Waals surface area contributed by atoms with Crippen LogP contribution >= 0.6 is 0 Å². The molecule has 1 aromatic heterocycles. The second-order valence-electron chi connectivity index (χ2n) is 4.37. The maximum atomic E-state index is 11.3. The first-order valence-electron chi connectivity index (χ1n) is 6.21. The highest BCUT2D eigenvalue weighted by Gasteiger charge is 2.31. The van der Waals surface area contributed by atoms with Gasteiger partial charge >= 0.3 is 0 Å². The van der Waals surface area contributed by atoms with Gasteiger partial charge in [-0.3, -0.25) is 4.79 Å². The number of nitrogens with two attached hydrogens (primary N) is 1. The zero-order valence-electron chi connectivity index (χ0n) is 10.4. The lowest BCUT2D eigenvalue weighted by Gasteiger charge is -2.18. The first-order chi connectivity index (χ1) is 8.70. The summed E-state index contributed by atoms with van der Waals surface area (Å²) >= 11 is 0. The van der Waals surface area contributed by atoms with E-state index in [-0.39, 0.29) is 17.9 Å². The van der Waals surface area contributed by atoms with Gasteiger partial charge in [0.25, 0.3) is 0 Å². The maximum absolute atomic E-state index is 11.3. The summed E-state index contributed by atoms with van der Waals surface area (Å²) in [5.74, 6) is 0.842. The van der Waals surface area contributed by atoms with Gasteiger partial charge in [0.2, 0.25) is 11.8 Å². The van der Waals surface area contributed by atoms with Crippen LogP contribution in [0.2, 0.25) is 0 Å². The van der Waals surface area contributed by atoms with Crippen molar-refractivity contribution in [1.29, 1.82) is 0 Å². The number of anilines is 1. The van der Waals surface area contributed by atoms with Crippen LogP contribution in [-0.2, 0) is 4.79 Å². The van der Waals surface area contributed by atoms with Crippen molar-refractivity contribution < 1.29 is 9.53 Å². The van der Waals surface area contributed by atoms with Crippen LogP contribution in [0.5, 0.6) is 5.88 Å². The Labute approximate surface area is 106 Å². The fourth-order valence-electron chi connectivity index (χ4n) is 2.31. The molecular formula is C12H18N4O2. The molecule has 0 radical (unpaired) electrons. The quantitative estimate of drug-likeness (QED) is 0.811. The van der Waals surface area contributed by atoms with Crippen LogP contribution in [0.4, 0.5) is 5.82 Å². The molecule has 3 N–H and O–H groups in total. The molecule has 98 valence electrons. The van der Waals surface area contributed by atoms with Crippen LogP contribution in [0.1, 0.15) is 26.2 Å². The molecule has 1 aliphatic carbocycles. The normalized spacial score (nSPS) is 22.7. The highest BCUT2D eigenvalue weighted by molar-refractivity contribution is 5.78. The van der Waals surface area contributed by atoms with Gasteiger partial charge in [0.1, 0.15) is 12.1 Å². The van der Waals surface area contributed by atoms with E-state index in [1.807, 2.05) is 6.92 Å². The van der Waals surface area contributed by atoms with E-state index in [1.165, 1.54) is 6.33 Å². The molecular weight excluding hydrogens is 232 g/mol. The summed E-state index contributed by atoms with van der Waals surface area (Å²) in [6, 6.07) is 1.80. The Hall–Kier alpha value is -1.85.